The molecule has 0 amide bonds. The van der Waals surface area contributed by atoms with Crippen LogP contribution in [0.3, 0.4) is 0 Å². The van der Waals surface area contributed by atoms with Gasteiger partial charge in [0.05, 0.1) is 4.53 Å². The van der Waals surface area contributed by atoms with E-state index in [1.807, 2.05) is 37.4 Å². The average molecular weight is 361 g/mol. The Balaban J connectivity index is 2.85. The van der Waals surface area contributed by atoms with Crippen molar-refractivity contribution in [2.45, 2.75) is 41.2 Å². The van der Waals surface area contributed by atoms with Gasteiger partial charge < -0.3 is 0 Å². The molecular weight excluding hydrogens is 340 g/mol. The number of hydrogen-bond donors (Lipinski definition) is 0. The van der Waals surface area contributed by atoms with Crippen molar-refractivity contribution in [3.05, 3.63) is 41.4 Å². The topological polar surface area (TPSA) is 62.9 Å². The van der Waals surface area contributed by atoms with E-state index in [1.165, 1.54) is 15.9 Å². The smallest absolute Gasteiger partial charge is 0.269 e. The third-order valence-electron chi connectivity index (χ3n) is 3.62. The van der Waals surface area contributed by atoms with E-state index in [0.717, 1.165) is 10.4 Å². The van der Waals surface area contributed by atoms with E-state index in [9.17, 15) is 14.9 Å². The molecule has 0 fully saturated rings. The van der Waals surface area contributed by atoms with Crippen LogP contribution < -0.4 is 14.8 Å². The second kappa shape index (κ2) is 6.88. The zero-order chi connectivity index (χ0) is 18.1. The Kier molecular flexibility index (Phi) is 5.26. The van der Waals surface area contributed by atoms with E-state index in [4.69, 9.17) is 0 Å². The predicted octanol–water partition coefficient (Wildman–Crippen LogP) is 2.42. The molecule has 6 heteroatoms. The fraction of sp³-hybridized carbons (Fsp3) is 0.389. The molecule has 0 saturated carbocycles. The Bertz CT molecular complexity index is 992. The van der Waals surface area contributed by atoms with Gasteiger partial charge in [-0.25, -0.2) is 0 Å². The molecule has 0 aliphatic rings. The van der Waals surface area contributed by atoms with Crippen LogP contribution >= 0.6 is 22.7 Å². The lowest BCUT2D eigenvalue weighted by Crippen LogP contribution is -2.33. The number of thiophene rings is 1. The molecule has 2 heterocycles. The minimum absolute atomic E-state index is 0.0639. The van der Waals surface area contributed by atoms with Crippen LogP contribution in [-0.4, -0.2) is 10.4 Å². The molecule has 0 N–H and O–H groups in total. The number of Topliss-reactive ketones (excluding diaryl/α,β-unsaturated/α-hetero) is 1. The lowest BCUT2D eigenvalue weighted by atomic mass is 9.87. The van der Waals surface area contributed by atoms with E-state index < -0.39 is 5.41 Å². The highest BCUT2D eigenvalue weighted by Crippen LogP contribution is 2.19. The highest BCUT2D eigenvalue weighted by molar-refractivity contribution is 7.11. The number of thiazole rings is 1. The molecule has 4 nitrogen and oxygen atoms in total. The van der Waals surface area contributed by atoms with Gasteiger partial charge in [-0.1, -0.05) is 20.8 Å². The van der Waals surface area contributed by atoms with E-state index in [0.29, 0.717) is 15.7 Å². The summed E-state index contributed by atoms with van der Waals surface area (Å²) in [6, 6.07) is 4.02. The summed E-state index contributed by atoms with van der Waals surface area (Å²) in [4.78, 5) is 26.3. The van der Waals surface area contributed by atoms with Gasteiger partial charge in [0, 0.05) is 16.8 Å². The second-order valence-corrected chi connectivity index (χ2v) is 8.48. The van der Waals surface area contributed by atoms with Crippen molar-refractivity contribution in [3.63, 3.8) is 0 Å². The first-order valence-corrected chi connectivity index (χ1v) is 9.35. The molecule has 0 aliphatic heterocycles. The van der Waals surface area contributed by atoms with Gasteiger partial charge in [0.1, 0.15) is 16.3 Å². The maximum Gasteiger partial charge on any atom is 0.269 e. The fourth-order valence-corrected chi connectivity index (χ4v) is 4.29. The van der Waals surface area contributed by atoms with Crippen LogP contribution in [0.5, 0.6) is 0 Å². The van der Waals surface area contributed by atoms with Crippen molar-refractivity contribution in [2.24, 2.45) is 5.41 Å². The first-order valence-electron chi connectivity index (χ1n) is 7.65. The summed E-state index contributed by atoms with van der Waals surface area (Å²) in [5.41, 5.74) is 0.346. The van der Waals surface area contributed by atoms with Crippen LogP contribution in [0.2, 0.25) is 0 Å². The maximum absolute atomic E-state index is 12.7. The number of ketones is 1. The number of aromatic nitrogens is 1. The number of rotatable bonds is 3. The number of nitriles is 1. The van der Waals surface area contributed by atoms with Crippen molar-refractivity contribution in [1.82, 2.24) is 4.57 Å². The van der Waals surface area contributed by atoms with Crippen LogP contribution in [0.1, 0.15) is 38.1 Å². The summed E-state index contributed by atoms with van der Waals surface area (Å²) in [6.45, 7) is 9.58. The summed E-state index contributed by atoms with van der Waals surface area (Å²) in [7, 11) is 0. The van der Waals surface area contributed by atoms with Gasteiger partial charge in [0.25, 0.3) is 5.56 Å². The van der Waals surface area contributed by atoms with Crippen molar-refractivity contribution < 1.29 is 4.79 Å². The molecule has 0 aliphatic carbocycles. The average Bonchev–Trinajstić information content (AvgIpc) is 3.04. The molecule has 0 atom stereocenters. The standard InChI is InChI=1S/C18H20N2O2S2/c1-6-20-16(22)14(9-13-11(2)7-8-23-13)24-17(20)12(10-19)15(21)18(3,4)5/h7-9H,6H2,1-5H3. The van der Waals surface area contributed by atoms with Crippen LogP contribution in [0.25, 0.3) is 11.6 Å². The monoisotopic (exact) mass is 360 g/mol. The number of hydrogen-bond acceptors (Lipinski definition) is 5. The number of nitrogens with zero attached hydrogens (tertiary/aromatic N) is 2. The molecule has 0 saturated heterocycles. The largest absolute Gasteiger partial charge is 0.298 e. The first kappa shape index (κ1) is 18.4. The molecule has 0 bridgehead atoms. The summed E-state index contributed by atoms with van der Waals surface area (Å²) in [5.74, 6) is -0.243. The minimum Gasteiger partial charge on any atom is -0.298 e. The summed E-state index contributed by atoms with van der Waals surface area (Å²) in [6.07, 6.45) is 1.85. The quantitative estimate of drug-likeness (QED) is 0.844. The lowest BCUT2D eigenvalue weighted by Gasteiger charge is -2.15. The van der Waals surface area contributed by atoms with E-state index >= 15 is 0 Å². The molecule has 2 aromatic rings. The van der Waals surface area contributed by atoms with Gasteiger partial charge in [-0.15, -0.1) is 22.7 Å². The van der Waals surface area contributed by atoms with Crippen molar-refractivity contribution in [3.8, 4) is 6.07 Å². The third-order valence-corrected chi connectivity index (χ3v) is 5.72. The Hall–Kier alpha value is -1.97. The van der Waals surface area contributed by atoms with E-state index in [2.05, 4.69) is 0 Å². The van der Waals surface area contributed by atoms with Gasteiger partial charge in [-0.05, 0) is 36.9 Å². The molecule has 2 rings (SSSR count). The number of aryl methyl sites for hydroxylation is 1. The number of carbonyl (C=O) groups excluding carboxylic acids is 1. The van der Waals surface area contributed by atoms with E-state index in [1.54, 1.807) is 32.1 Å². The first-order chi connectivity index (χ1) is 11.2. The summed E-state index contributed by atoms with van der Waals surface area (Å²) in [5, 5.41) is 11.5. The summed E-state index contributed by atoms with van der Waals surface area (Å²) < 4.78 is 2.51. The molecule has 0 radical (unpaired) electrons. The van der Waals surface area contributed by atoms with Gasteiger partial charge in [-0.2, -0.15) is 5.26 Å². The molecule has 0 unspecified atom stereocenters. The van der Waals surface area contributed by atoms with E-state index in [-0.39, 0.29) is 16.9 Å². The predicted molar refractivity (Wildman–Crippen MR) is 99.6 cm³/mol. The highest BCUT2D eigenvalue weighted by atomic mass is 32.1. The minimum atomic E-state index is -0.669. The van der Waals surface area contributed by atoms with Crippen molar-refractivity contribution in [2.75, 3.05) is 0 Å². The van der Waals surface area contributed by atoms with Crippen molar-refractivity contribution in [1.29, 1.82) is 5.26 Å². The molecule has 0 aromatic carbocycles. The van der Waals surface area contributed by atoms with Crippen LogP contribution in [0.4, 0.5) is 0 Å². The van der Waals surface area contributed by atoms with Gasteiger partial charge in [0.2, 0.25) is 0 Å². The molecule has 126 valence electrons. The fourth-order valence-electron chi connectivity index (χ4n) is 2.21. The highest BCUT2D eigenvalue weighted by Gasteiger charge is 2.27. The van der Waals surface area contributed by atoms with Crippen LogP contribution in [0.15, 0.2) is 16.2 Å². The summed E-state index contributed by atoms with van der Waals surface area (Å²) >= 11 is 2.78. The third kappa shape index (κ3) is 3.42. The lowest BCUT2D eigenvalue weighted by molar-refractivity contribution is -0.120. The maximum atomic E-state index is 12.7. The SMILES string of the molecule is CCn1c(=C(C#N)C(=O)C(C)(C)C)sc(=Cc2sccc2C)c1=O. The molecule has 24 heavy (non-hydrogen) atoms. The van der Waals surface area contributed by atoms with Crippen molar-refractivity contribution >= 4 is 40.1 Å². The van der Waals surface area contributed by atoms with Crippen LogP contribution in [0, 0.1) is 23.7 Å². The Labute approximate surface area is 149 Å². The van der Waals surface area contributed by atoms with Crippen LogP contribution in [-0.2, 0) is 11.3 Å². The van der Waals surface area contributed by atoms with Gasteiger partial charge in [-0.3, -0.25) is 14.2 Å². The number of carbonyl (C=O) groups is 1. The van der Waals surface area contributed by atoms with Gasteiger partial charge >= 0.3 is 0 Å². The zero-order valence-electron chi connectivity index (χ0n) is 14.5. The van der Waals surface area contributed by atoms with Gasteiger partial charge in [0.15, 0.2) is 5.78 Å². The Morgan fingerprint density at radius 3 is 2.54 bits per heavy atom. The zero-order valence-corrected chi connectivity index (χ0v) is 16.1. The second-order valence-electron chi connectivity index (χ2n) is 6.50. The molecule has 0 spiro atoms. The Morgan fingerprint density at radius 1 is 1.42 bits per heavy atom. The molecule has 2 aromatic heterocycles. The Morgan fingerprint density at radius 2 is 2.08 bits per heavy atom. The molecular formula is C18H20N2O2S2. The normalized spacial score (nSPS) is 13.8.